The lowest BCUT2D eigenvalue weighted by Crippen LogP contribution is -2.43. The molecule has 118 valence electrons. The minimum Gasteiger partial charge on any atom is -0.454 e. The molecule has 1 aliphatic rings. The van der Waals surface area contributed by atoms with Crippen LogP contribution in [0.4, 0.5) is 0 Å². The molecule has 0 N–H and O–H groups in total. The van der Waals surface area contributed by atoms with Crippen LogP contribution in [0.1, 0.15) is 39.4 Å². The van der Waals surface area contributed by atoms with E-state index < -0.39 is 23.8 Å². The molecule has 23 heavy (non-hydrogen) atoms. The van der Waals surface area contributed by atoms with Gasteiger partial charge in [0.05, 0.1) is 11.1 Å². The van der Waals surface area contributed by atoms with Crippen LogP contribution in [-0.2, 0) is 16.1 Å². The second kappa shape index (κ2) is 5.64. The van der Waals surface area contributed by atoms with Gasteiger partial charge in [0.15, 0.2) is 6.61 Å². The first-order valence-electron chi connectivity index (χ1n) is 6.91. The molecule has 1 aromatic heterocycles. The van der Waals surface area contributed by atoms with E-state index >= 15 is 0 Å². The molecular weight excluding hydrogens is 302 g/mol. The van der Waals surface area contributed by atoms with Gasteiger partial charge in [-0.2, -0.15) is 0 Å². The van der Waals surface area contributed by atoms with Gasteiger partial charge in [-0.25, -0.2) is 4.79 Å². The fraction of sp³-hybridized carbons (Fsp3) is 0.267. The fourth-order valence-electron chi connectivity index (χ4n) is 2.31. The lowest BCUT2D eigenvalue weighted by atomic mass is 10.1. The zero-order chi connectivity index (χ0) is 16.6. The van der Waals surface area contributed by atoms with Gasteiger partial charge < -0.3 is 9.15 Å². The van der Waals surface area contributed by atoms with Gasteiger partial charge in [-0.05, 0) is 19.1 Å². The summed E-state index contributed by atoms with van der Waals surface area (Å²) in [5, 5.41) is 7.31. The minimum atomic E-state index is -1.05. The molecule has 0 saturated carbocycles. The molecule has 2 heterocycles. The van der Waals surface area contributed by atoms with Crippen molar-refractivity contribution < 1.29 is 23.5 Å². The first-order chi connectivity index (χ1) is 11.0. The van der Waals surface area contributed by atoms with Crippen LogP contribution in [0.5, 0.6) is 0 Å². The van der Waals surface area contributed by atoms with Crippen molar-refractivity contribution in [1.29, 1.82) is 0 Å². The van der Waals surface area contributed by atoms with Gasteiger partial charge >= 0.3 is 5.97 Å². The van der Waals surface area contributed by atoms with Gasteiger partial charge in [0.2, 0.25) is 5.89 Å². The van der Waals surface area contributed by atoms with Crippen molar-refractivity contribution in [2.24, 2.45) is 0 Å². The third-order valence-electron chi connectivity index (χ3n) is 3.46. The number of benzene rings is 1. The number of nitrogens with zero attached hydrogens (tertiary/aromatic N) is 3. The molecule has 0 radical (unpaired) electrons. The topological polar surface area (TPSA) is 103 Å². The molecule has 0 bridgehead atoms. The van der Waals surface area contributed by atoms with Crippen molar-refractivity contribution in [2.75, 3.05) is 0 Å². The third-order valence-corrected chi connectivity index (χ3v) is 3.46. The van der Waals surface area contributed by atoms with E-state index in [9.17, 15) is 14.4 Å². The number of ether oxygens (including phenoxy) is 1. The summed E-state index contributed by atoms with van der Waals surface area (Å²) in [6, 6.07) is 5.37. The van der Waals surface area contributed by atoms with Crippen LogP contribution in [0.15, 0.2) is 28.7 Å². The Morgan fingerprint density at radius 2 is 1.83 bits per heavy atom. The Bertz CT molecular complexity index is 763. The highest BCUT2D eigenvalue weighted by Crippen LogP contribution is 2.24. The normalized spacial score (nSPS) is 14.8. The van der Waals surface area contributed by atoms with E-state index in [4.69, 9.17) is 9.15 Å². The highest BCUT2D eigenvalue weighted by atomic mass is 16.5. The Balaban J connectivity index is 1.71. The van der Waals surface area contributed by atoms with E-state index in [-0.39, 0.29) is 23.6 Å². The Morgan fingerprint density at radius 1 is 1.22 bits per heavy atom. The number of fused-ring (bicyclic) bond motifs is 1. The summed E-state index contributed by atoms with van der Waals surface area (Å²) in [7, 11) is 0. The minimum absolute atomic E-state index is 0.144. The van der Waals surface area contributed by atoms with Gasteiger partial charge in [0.1, 0.15) is 6.04 Å². The predicted molar refractivity (Wildman–Crippen MR) is 75.2 cm³/mol. The zero-order valence-corrected chi connectivity index (χ0v) is 12.5. The summed E-state index contributed by atoms with van der Waals surface area (Å²) in [6.45, 7) is 2.83. The lowest BCUT2D eigenvalue weighted by molar-refractivity contribution is -0.149. The van der Waals surface area contributed by atoms with Crippen LogP contribution >= 0.6 is 0 Å². The van der Waals surface area contributed by atoms with Crippen LogP contribution in [0, 0.1) is 6.92 Å². The molecule has 1 atom stereocenters. The maximum Gasteiger partial charge on any atom is 0.329 e. The molecule has 1 aliphatic heterocycles. The highest BCUT2D eigenvalue weighted by Gasteiger charge is 2.41. The van der Waals surface area contributed by atoms with Gasteiger partial charge in [-0.15, -0.1) is 10.2 Å². The molecule has 0 spiro atoms. The number of hydrogen-bond acceptors (Lipinski definition) is 7. The maximum absolute atomic E-state index is 12.3. The van der Waals surface area contributed by atoms with Crippen molar-refractivity contribution in [1.82, 2.24) is 15.1 Å². The number of rotatable bonds is 4. The smallest absolute Gasteiger partial charge is 0.329 e. The summed E-state index contributed by atoms with van der Waals surface area (Å²) in [5.74, 6) is -1.25. The van der Waals surface area contributed by atoms with Crippen LogP contribution in [0.3, 0.4) is 0 Å². The fourth-order valence-corrected chi connectivity index (χ4v) is 2.31. The average Bonchev–Trinajstić information content (AvgIpc) is 3.07. The van der Waals surface area contributed by atoms with Crippen LogP contribution in [0.2, 0.25) is 0 Å². The number of aryl methyl sites for hydroxylation is 1. The van der Waals surface area contributed by atoms with E-state index in [1.165, 1.54) is 6.92 Å². The van der Waals surface area contributed by atoms with Crippen molar-refractivity contribution in [3.63, 3.8) is 0 Å². The molecule has 0 saturated heterocycles. The monoisotopic (exact) mass is 315 g/mol. The molecule has 2 aromatic rings. The number of carbonyl (C=O) groups excluding carboxylic acids is 3. The summed E-state index contributed by atoms with van der Waals surface area (Å²) in [5.41, 5.74) is 0.564. The van der Waals surface area contributed by atoms with Crippen molar-refractivity contribution in [2.45, 2.75) is 26.5 Å². The summed E-state index contributed by atoms with van der Waals surface area (Å²) in [6.07, 6.45) is 0. The number of hydrogen-bond donors (Lipinski definition) is 0. The van der Waals surface area contributed by atoms with E-state index in [1.807, 2.05) is 0 Å². The number of imide groups is 1. The number of aromatic nitrogens is 2. The second-order valence-corrected chi connectivity index (χ2v) is 5.02. The Hall–Kier alpha value is -3.03. The van der Waals surface area contributed by atoms with Crippen LogP contribution in [0.25, 0.3) is 0 Å². The first kappa shape index (κ1) is 14.9. The maximum atomic E-state index is 12.3. The molecular formula is C15H13N3O5. The van der Waals surface area contributed by atoms with Crippen molar-refractivity contribution >= 4 is 17.8 Å². The molecule has 2 amide bonds. The summed E-state index contributed by atoms with van der Waals surface area (Å²) < 4.78 is 10.1. The lowest BCUT2D eigenvalue weighted by Gasteiger charge is -2.20. The first-order valence-corrected chi connectivity index (χ1v) is 6.91. The number of amides is 2. The molecule has 0 unspecified atom stereocenters. The third kappa shape index (κ3) is 2.59. The highest BCUT2D eigenvalue weighted by molar-refractivity contribution is 6.22. The van der Waals surface area contributed by atoms with Crippen molar-refractivity contribution in [3.05, 3.63) is 47.2 Å². The molecule has 3 rings (SSSR count). The van der Waals surface area contributed by atoms with E-state index in [2.05, 4.69) is 10.2 Å². The predicted octanol–water partition coefficient (Wildman–Crippen LogP) is 1.11. The zero-order valence-electron chi connectivity index (χ0n) is 12.5. The molecule has 0 aliphatic carbocycles. The molecule has 1 aromatic carbocycles. The number of esters is 1. The average molecular weight is 315 g/mol. The van der Waals surface area contributed by atoms with E-state index in [0.717, 1.165) is 4.90 Å². The van der Waals surface area contributed by atoms with Gasteiger partial charge in [0.25, 0.3) is 17.7 Å². The van der Waals surface area contributed by atoms with E-state index in [1.54, 1.807) is 31.2 Å². The van der Waals surface area contributed by atoms with Crippen LogP contribution in [-0.4, -0.2) is 38.9 Å². The van der Waals surface area contributed by atoms with Crippen LogP contribution < -0.4 is 0 Å². The van der Waals surface area contributed by atoms with Crippen molar-refractivity contribution in [3.8, 4) is 0 Å². The Labute approximate surface area is 131 Å². The largest absolute Gasteiger partial charge is 0.454 e. The summed E-state index contributed by atoms with van der Waals surface area (Å²) in [4.78, 5) is 37.6. The Morgan fingerprint density at radius 3 is 2.35 bits per heavy atom. The molecule has 0 fully saturated rings. The van der Waals surface area contributed by atoms with Gasteiger partial charge in [0, 0.05) is 6.92 Å². The Kier molecular flexibility index (Phi) is 3.65. The number of carbonyl (C=O) groups is 3. The molecule has 8 heteroatoms. The summed E-state index contributed by atoms with van der Waals surface area (Å²) >= 11 is 0. The van der Waals surface area contributed by atoms with E-state index in [0.29, 0.717) is 5.89 Å². The molecule has 8 nitrogen and oxygen atoms in total. The van der Waals surface area contributed by atoms with Gasteiger partial charge in [-0.1, -0.05) is 12.1 Å². The second-order valence-electron chi connectivity index (χ2n) is 5.02. The van der Waals surface area contributed by atoms with Gasteiger partial charge in [-0.3, -0.25) is 14.5 Å². The SMILES string of the molecule is Cc1nnc(COC(=O)[C@@H](C)N2C(=O)c3ccccc3C2=O)o1. The standard InChI is InChI=1S/C15H13N3O5/c1-8(15(21)22-7-12-17-16-9(2)23-12)18-13(19)10-5-3-4-6-11(10)14(18)20/h3-6,8H,7H2,1-2H3/t8-/m1/s1. The quantitative estimate of drug-likeness (QED) is 0.615.